The van der Waals surface area contributed by atoms with Crippen LogP contribution in [0, 0.1) is 0 Å². The standard InChI is InChI=1S/C7H7N3O2/c11-4-9-6-1-2-8-3-7(6)10-5-12/h1-5H,(H,10,12)(H,8,9,11). The average molecular weight is 165 g/mol. The summed E-state index contributed by atoms with van der Waals surface area (Å²) >= 11 is 0. The fourth-order valence-electron chi connectivity index (χ4n) is 0.762. The lowest BCUT2D eigenvalue weighted by atomic mass is 10.3. The Bertz CT molecular complexity index is 259. The van der Waals surface area contributed by atoms with Crippen molar-refractivity contribution in [1.82, 2.24) is 4.98 Å². The first-order chi connectivity index (χ1) is 5.88. The van der Waals surface area contributed by atoms with Gasteiger partial charge in [-0.15, -0.1) is 0 Å². The number of anilines is 2. The van der Waals surface area contributed by atoms with E-state index in [0.717, 1.165) is 0 Å². The number of aromatic nitrogens is 1. The third kappa shape index (κ3) is 1.79. The van der Waals surface area contributed by atoms with Gasteiger partial charge in [-0.3, -0.25) is 14.6 Å². The van der Waals surface area contributed by atoms with Crippen molar-refractivity contribution < 1.29 is 9.59 Å². The number of nitrogens with one attached hydrogen (secondary N) is 2. The summed E-state index contributed by atoms with van der Waals surface area (Å²) in [5.74, 6) is 0. The van der Waals surface area contributed by atoms with Gasteiger partial charge in [0.2, 0.25) is 12.8 Å². The Morgan fingerprint density at radius 3 is 2.50 bits per heavy atom. The molecule has 2 N–H and O–H groups in total. The van der Waals surface area contributed by atoms with E-state index in [4.69, 9.17) is 0 Å². The molecular formula is C7H7N3O2. The molecule has 0 unspecified atom stereocenters. The van der Waals surface area contributed by atoms with Crippen molar-refractivity contribution in [2.24, 2.45) is 0 Å². The minimum Gasteiger partial charge on any atom is -0.327 e. The first-order valence-electron chi connectivity index (χ1n) is 3.23. The predicted octanol–water partition coefficient (Wildman–Crippen LogP) is 0.218. The van der Waals surface area contributed by atoms with Gasteiger partial charge in [0.05, 0.1) is 17.6 Å². The highest BCUT2D eigenvalue weighted by molar-refractivity contribution is 5.85. The zero-order chi connectivity index (χ0) is 8.81. The van der Waals surface area contributed by atoms with Crippen LogP contribution in [-0.2, 0) is 9.59 Å². The molecule has 0 radical (unpaired) electrons. The highest BCUT2D eigenvalue weighted by Gasteiger charge is 1.97. The van der Waals surface area contributed by atoms with Gasteiger partial charge in [0.25, 0.3) is 0 Å². The molecule has 1 aromatic heterocycles. The minimum absolute atomic E-state index is 0.472. The molecular weight excluding hydrogens is 158 g/mol. The summed E-state index contributed by atoms with van der Waals surface area (Å²) in [4.78, 5) is 23.9. The average Bonchev–Trinajstić information content (AvgIpc) is 2.09. The lowest BCUT2D eigenvalue weighted by molar-refractivity contribution is -0.106. The van der Waals surface area contributed by atoms with Crippen molar-refractivity contribution in [3.63, 3.8) is 0 Å². The maximum Gasteiger partial charge on any atom is 0.211 e. The van der Waals surface area contributed by atoms with Crippen molar-refractivity contribution in [3.05, 3.63) is 18.5 Å². The van der Waals surface area contributed by atoms with Gasteiger partial charge < -0.3 is 10.6 Å². The van der Waals surface area contributed by atoms with Crippen molar-refractivity contribution in [2.45, 2.75) is 0 Å². The number of hydrogen-bond donors (Lipinski definition) is 2. The molecule has 0 fully saturated rings. The molecule has 0 spiro atoms. The van der Waals surface area contributed by atoms with E-state index in [-0.39, 0.29) is 0 Å². The van der Waals surface area contributed by atoms with Crippen LogP contribution in [0.15, 0.2) is 18.5 Å². The maximum absolute atomic E-state index is 10.1. The molecule has 0 aliphatic heterocycles. The topological polar surface area (TPSA) is 71.1 Å². The molecule has 0 saturated carbocycles. The number of hydrogen-bond acceptors (Lipinski definition) is 3. The first-order valence-corrected chi connectivity index (χ1v) is 3.23. The predicted molar refractivity (Wildman–Crippen MR) is 43.6 cm³/mol. The summed E-state index contributed by atoms with van der Waals surface area (Å²) in [7, 11) is 0. The van der Waals surface area contributed by atoms with Crippen LogP contribution in [0.3, 0.4) is 0 Å². The van der Waals surface area contributed by atoms with Gasteiger partial charge in [-0.2, -0.15) is 0 Å². The second kappa shape index (κ2) is 4.07. The van der Waals surface area contributed by atoms with Gasteiger partial charge in [-0.1, -0.05) is 0 Å². The second-order valence-corrected chi connectivity index (χ2v) is 1.95. The molecule has 1 heterocycles. The summed E-state index contributed by atoms with van der Waals surface area (Å²) in [6.07, 6.45) is 4.01. The maximum atomic E-state index is 10.1. The highest BCUT2D eigenvalue weighted by Crippen LogP contribution is 2.17. The summed E-state index contributed by atoms with van der Waals surface area (Å²) in [5.41, 5.74) is 0.992. The largest absolute Gasteiger partial charge is 0.327 e. The van der Waals surface area contributed by atoms with E-state index in [1.165, 1.54) is 12.4 Å². The third-order valence-corrected chi connectivity index (χ3v) is 1.25. The summed E-state index contributed by atoms with van der Waals surface area (Å²) in [5, 5.41) is 4.82. The van der Waals surface area contributed by atoms with Crippen LogP contribution < -0.4 is 10.6 Å². The third-order valence-electron chi connectivity index (χ3n) is 1.25. The SMILES string of the molecule is O=CNc1ccncc1NC=O. The molecule has 5 nitrogen and oxygen atoms in total. The smallest absolute Gasteiger partial charge is 0.211 e. The van der Waals surface area contributed by atoms with Crippen molar-refractivity contribution in [1.29, 1.82) is 0 Å². The van der Waals surface area contributed by atoms with Crippen molar-refractivity contribution in [3.8, 4) is 0 Å². The molecule has 5 heteroatoms. The van der Waals surface area contributed by atoms with Crippen LogP contribution >= 0.6 is 0 Å². The lowest BCUT2D eigenvalue weighted by Gasteiger charge is -2.03. The molecule has 1 rings (SSSR count). The molecule has 0 aromatic carbocycles. The Balaban J connectivity index is 2.90. The number of amides is 2. The zero-order valence-corrected chi connectivity index (χ0v) is 6.15. The quantitative estimate of drug-likeness (QED) is 0.627. The van der Waals surface area contributed by atoms with Crippen LogP contribution in [-0.4, -0.2) is 17.8 Å². The lowest BCUT2D eigenvalue weighted by Crippen LogP contribution is -2.01. The number of carbonyl (C=O) groups excluding carboxylic acids is 2. The zero-order valence-electron chi connectivity index (χ0n) is 6.15. The van der Waals surface area contributed by atoms with E-state index in [9.17, 15) is 9.59 Å². The fourth-order valence-corrected chi connectivity index (χ4v) is 0.762. The Kier molecular flexibility index (Phi) is 2.78. The summed E-state index contributed by atoms with van der Waals surface area (Å²) in [6, 6.07) is 1.58. The summed E-state index contributed by atoms with van der Waals surface area (Å²) < 4.78 is 0. The molecule has 62 valence electrons. The molecule has 1 aromatic rings. The van der Waals surface area contributed by atoms with E-state index in [1.54, 1.807) is 6.07 Å². The van der Waals surface area contributed by atoms with Gasteiger partial charge in [-0.25, -0.2) is 0 Å². The number of rotatable bonds is 4. The van der Waals surface area contributed by atoms with Gasteiger partial charge >= 0.3 is 0 Å². The van der Waals surface area contributed by atoms with Gasteiger partial charge in [-0.05, 0) is 6.07 Å². The van der Waals surface area contributed by atoms with E-state index < -0.39 is 0 Å². The number of nitrogens with zero attached hydrogens (tertiary/aromatic N) is 1. The molecule has 12 heavy (non-hydrogen) atoms. The van der Waals surface area contributed by atoms with Crippen molar-refractivity contribution in [2.75, 3.05) is 10.6 Å². The molecule has 0 saturated heterocycles. The van der Waals surface area contributed by atoms with Gasteiger partial charge in [0.1, 0.15) is 0 Å². The number of carbonyl (C=O) groups is 2. The van der Waals surface area contributed by atoms with Crippen LogP contribution in [0.25, 0.3) is 0 Å². The van der Waals surface area contributed by atoms with Crippen LogP contribution in [0.1, 0.15) is 0 Å². The Morgan fingerprint density at radius 2 is 1.83 bits per heavy atom. The second-order valence-electron chi connectivity index (χ2n) is 1.95. The monoisotopic (exact) mass is 165 g/mol. The Morgan fingerprint density at radius 1 is 1.17 bits per heavy atom. The molecule has 0 aliphatic rings. The number of pyridine rings is 1. The van der Waals surface area contributed by atoms with E-state index >= 15 is 0 Å². The molecule has 0 bridgehead atoms. The molecule has 0 aliphatic carbocycles. The first kappa shape index (κ1) is 8.19. The van der Waals surface area contributed by atoms with Gasteiger partial charge in [0.15, 0.2) is 0 Å². The van der Waals surface area contributed by atoms with Crippen molar-refractivity contribution >= 4 is 24.2 Å². The summed E-state index contributed by atoms with van der Waals surface area (Å²) in [6.45, 7) is 0. The van der Waals surface area contributed by atoms with Crippen LogP contribution in [0.2, 0.25) is 0 Å². The van der Waals surface area contributed by atoms with E-state index in [2.05, 4.69) is 15.6 Å². The van der Waals surface area contributed by atoms with Crippen LogP contribution in [0.4, 0.5) is 11.4 Å². The highest BCUT2D eigenvalue weighted by atomic mass is 16.1. The Hall–Kier alpha value is -1.91. The van der Waals surface area contributed by atoms with Gasteiger partial charge in [0, 0.05) is 6.20 Å². The van der Waals surface area contributed by atoms with E-state index in [0.29, 0.717) is 24.2 Å². The Labute approximate surface area is 68.8 Å². The van der Waals surface area contributed by atoms with E-state index in [1.807, 2.05) is 0 Å². The normalized spacial score (nSPS) is 8.67. The fraction of sp³-hybridized carbons (Fsp3) is 0. The minimum atomic E-state index is 0.472. The molecule has 2 amide bonds. The molecule has 0 atom stereocenters. The van der Waals surface area contributed by atoms with Crippen LogP contribution in [0.5, 0.6) is 0 Å².